The number of hydrogen-bond acceptors (Lipinski definition) is 4. The number of pyridine rings is 3. The summed E-state index contributed by atoms with van der Waals surface area (Å²) in [5.41, 5.74) is 2.62. The van der Waals surface area contributed by atoms with Crippen molar-refractivity contribution in [2.45, 2.75) is 6.54 Å². The van der Waals surface area contributed by atoms with Crippen LogP contribution >= 0.6 is 11.6 Å². The molecule has 0 aliphatic heterocycles. The summed E-state index contributed by atoms with van der Waals surface area (Å²) in [5.74, 6) is -0.383. The first kappa shape index (κ1) is 18.1. The normalized spacial score (nSPS) is 10.9. The van der Waals surface area contributed by atoms with Gasteiger partial charge < -0.3 is 4.57 Å². The zero-order valence-corrected chi connectivity index (χ0v) is 15.8. The summed E-state index contributed by atoms with van der Waals surface area (Å²) < 4.78 is 1.88. The van der Waals surface area contributed by atoms with E-state index in [1.165, 1.54) is 12.3 Å². The van der Waals surface area contributed by atoms with Gasteiger partial charge in [0.25, 0.3) is 0 Å². The molecule has 0 N–H and O–H groups in total. The average Bonchev–Trinajstić information content (AvgIpc) is 2.70. The third-order valence-corrected chi connectivity index (χ3v) is 4.72. The van der Waals surface area contributed by atoms with Crippen molar-refractivity contribution >= 4 is 41.7 Å². The van der Waals surface area contributed by atoms with Gasteiger partial charge in [0.1, 0.15) is 5.15 Å². The number of aromatic nitrogens is 3. The summed E-state index contributed by atoms with van der Waals surface area (Å²) in [7, 11) is 1.93. The van der Waals surface area contributed by atoms with Gasteiger partial charge in [-0.1, -0.05) is 35.9 Å². The largest absolute Gasteiger partial charge is 0.340 e. The molecule has 4 aromatic rings. The average molecular weight is 388 g/mol. The Morgan fingerprint density at radius 3 is 2.64 bits per heavy atom. The highest BCUT2D eigenvalue weighted by atomic mass is 35.5. The number of carbonyl (C=O) groups excluding carboxylic acids is 1. The zero-order chi connectivity index (χ0) is 19.7. The number of ketones is 1. The Bertz CT molecular complexity index is 1250. The Labute approximate surface area is 167 Å². The van der Waals surface area contributed by atoms with Gasteiger partial charge in [0, 0.05) is 23.3 Å². The molecular formula is C21H15BClN3O2. The van der Waals surface area contributed by atoms with Gasteiger partial charge in [-0.2, -0.15) is 0 Å². The van der Waals surface area contributed by atoms with Gasteiger partial charge in [-0.05, 0) is 35.9 Å². The van der Waals surface area contributed by atoms with Crippen molar-refractivity contribution in [3.63, 3.8) is 0 Å². The molecule has 1 aromatic carbocycles. The van der Waals surface area contributed by atoms with Crippen molar-refractivity contribution in [1.29, 1.82) is 0 Å². The molecule has 0 atom stereocenters. The van der Waals surface area contributed by atoms with E-state index < -0.39 is 0 Å². The first-order valence-corrected chi connectivity index (χ1v) is 9.12. The lowest BCUT2D eigenvalue weighted by Gasteiger charge is -2.13. The summed E-state index contributed by atoms with van der Waals surface area (Å²) in [6.07, 6.45) is 2.98. The molecule has 0 unspecified atom stereocenters. The third-order valence-electron chi connectivity index (χ3n) is 4.50. The van der Waals surface area contributed by atoms with E-state index in [2.05, 4.69) is 9.97 Å². The first-order chi connectivity index (χ1) is 13.5. The number of rotatable bonds is 4. The fraction of sp³-hybridized carbons (Fsp3) is 0.0476. The number of hydrogen-bond donors (Lipinski definition) is 0. The molecule has 0 saturated heterocycles. The van der Waals surface area contributed by atoms with Crippen LogP contribution in [-0.4, -0.2) is 28.2 Å². The zero-order valence-electron chi connectivity index (χ0n) is 15.1. The van der Waals surface area contributed by atoms with Crippen molar-refractivity contribution in [1.82, 2.24) is 14.5 Å². The lowest BCUT2D eigenvalue weighted by atomic mass is 10.0. The monoisotopic (exact) mass is 387 g/mol. The Kier molecular flexibility index (Phi) is 4.80. The first-order valence-electron chi connectivity index (χ1n) is 8.74. The van der Waals surface area contributed by atoms with Crippen LogP contribution in [0.3, 0.4) is 0 Å². The molecule has 136 valence electrons. The molecule has 4 rings (SSSR count). The van der Waals surface area contributed by atoms with E-state index in [0.29, 0.717) is 17.5 Å². The second-order valence-electron chi connectivity index (χ2n) is 6.49. The van der Waals surface area contributed by atoms with E-state index in [1.54, 1.807) is 24.4 Å². The molecule has 0 fully saturated rings. The van der Waals surface area contributed by atoms with Crippen molar-refractivity contribution < 1.29 is 4.79 Å². The van der Waals surface area contributed by atoms with Crippen LogP contribution < -0.4 is 11.0 Å². The van der Waals surface area contributed by atoms with Gasteiger partial charge in [-0.15, -0.1) is 0 Å². The minimum Gasteiger partial charge on any atom is -0.340 e. The number of nitrogens with zero attached hydrogens (tertiary/aromatic N) is 3. The SMILES string of the molecule is Bc1cccc(Cn2cc(C(=O)c3ccc(Cl)nc3)c(=O)c3ccccc32)n1. The molecule has 3 heterocycles. The molecule has 0 aliphatic rings. The van der Waals surface area contributed by atoms with E-state index in [9.17, 15) is 9.59 Å². The quantitative estimate of drug-likeness (QED) is 0.305. The van der Waals surface area contributed by atoms with Crippen molar-refractivity contribution in [3.05, 3.63) is 99.2 Å². The van der Waals surface area contributed by atoms with Crippen LogP contribution in [0.1, 0.15) is 21.6 Å². The molecule has 0 bridgehead atoms. The summed E-state index contributed by atoms with van der Waals surface area (Å²) in [6, 6.07) is 16.1. The highest BCUT2D eigenvalue weighted by Gasteiger charge is 2.17. The van der Waals surface area contributed by atoms with Gasteiger partial charge in [0.15, 0.2) is 13.6 Å². The number of halogens is 1. The molecule has 0 radical (unpaired) electrons. The number of para-hydroxylation sites is 1. The van der Waals surface area contributed by atoms with Gasteiger partial charge >= 0.3 is 0 Å². The minimum atomic E-state index is -0.383. The maximum absolute atomic E-state index is 13.0. The van der Waals surface area contributed by atoms with Crippen molar-refractivity contribution in [2.24, 2.45) is 0 Å². The lowest BCUT2D eigenvalue weighted by molar-refractivity contribution is 0.103. The molecule has 0 aliphatic carbocycles. The van der Waals surface area contributed by atoms with Crippen molar-refractivity contribution in [3.8, 4) is 0 Å². The fourth-order valence-electron chi connectivity index (χ4n) is 3.17. The molecule has 28 heavy (non-hydrogen) atoms. The van der Waals surface area contributed by atoms with Crippen molar-refractivity contribution in [2.75, 3.05) is 0 Å². The molecule has 0 saturated carbocycles. The van der Waals surface area contributed by atoms with Crippen LogP contribution in [0.5, 0.6) is 0 Å². The van der Waals surface area contributed by atoms with Gasteiger partial charge in [0.05, 0.1) is 23.3 Å². The number of fused-ring (bicyclic) bond motifs is 1. The van der Waals surface area contributed by atoms with Crippen LogP contribution in [0.2, 0.25) is 5.15 Å². The summed E-state index contributed by atoms with van der Waals surface area (Å²) in [5, 5.41) is 0.779. The van der Waals surface area contributed by atoms with Gasteiger partial charge in [-0.3, -0.25) is 14.6 Å². The van der Waals surface area contributed by atoms with E-state index in [0.717, 1.165) is 16.8 Å². The van der Waals surface area contributed by atoms with Crippen LogP contribution in [0.25, 0.3) is 10.9 Å². The molecule has 3 aromatic heterocycles. The summed E-state index contributed by atoms with van der Waals surface area (Å²) in [6.45, 7) is 0.446. The summed E-state index contributed by atoms with van der Waals surface area (Å²) >= 11 is 5.80. The van der Waals surface area contributed by atoms with E-state index in [1.807, 2.05) is 42.7 Å². The van der Waals surface area contributed by atoms with Crippen LogP contribution in [0.15, 0.2) is 71.8 Å². The Morgan fingerprint density at radius 1 is 1.07 bits per heavy atom. The maximum Gasteiger partial charge on any atom is 0.200 e. The van der Waals surface area contributed by atoms with E-state index in [4.69, 9.17) is 11.6 Å². The minimum absolute atomic E-state index is 0.0930. The second kappa shape index (κ2) is 7.41. The number of carbonyl (C=O) groups is 1. The number of benzene rings is 1. The Balaban J connectivity index is 1.87. The highest BCUT2D eigenvalue weighted by molar-refractivity contribution is 6.30. The predicted molar refractivity (Wildman–Crippen MR) is 112 cm³/mol. The Morgan fingerprint density at radius 2 is 1.89 bits per heavy atom. The Hall–Kier alpha value is -3.25. The van der Waals surface area contributed by atoms with Crippen LogP contribution in [0.4, 0.5) is 0 Å². The standard InChI is InChI=1S/C21H15BClN3O2/c22-18-7-3-4-14(25-18)11-26-12-16(20(27)13-8-9-19(23)24-10-13)21(28)15-5-1-2-6-17(15)26/h1-10,12H,11,22H2. The second-order valence-corrected chi connectivity index (χ2v) is 6.87. The van der Waals surface area contributed by atoms with Gasteiger partial charge in [0.2, 0.25) is 5.43 Å². The smallest absolute Gasteiger partial charge is 0.200 e. The predicted octanol–water partition coefficient (Wildman–Crippen LogP) is 1.98. The van der Waals surface area contributed by atoms with Gasteiger partial charge in [-0.25, -0.2) is 4.98 Å². The summed E-state index contributed by atoms with van der Waals surface area (Å²) in [4.78, 5) is 34.4. The fourth-order valence-corrected chi connectivity index (χ4v) is 3.28. The molecule has 5 nitrogen and oxygen atoms in total. The third kappa shape index (κ3) is 3.46. The molecular weight excluding hydrogens is 373 g/mol. The van der Waals surface area contributed by atoms with E-state index >= 15 is 0 Å². The van der Waals surface area contributed by atoms with E-state index in [-0.39, 0.29) is 21.9 Å². The molecule has 0 spiro atoms. The molecule has 7 heteroatoms. The van der Waals surface area contributed by atoms with Crippen LogP contribution in [-0.2, 0) is 6.54 Å². The lowest BCUT2D eigenvalue weighted by Crippen LogP contribution is -2.21. The maximum atomic E-state index is 13.0. The molecule has 0 amide bonds. The topological polar surface area (TPSA) is 64.8 Å². The highest BCUT2D eigenvalue weighted by Crippen LogP contribution is 2.16. The van der Waals surface area contributed by atoms with Crippen LogP contribution in [0, 0.1) is 0 Å².